The maximum absolute atomic E-state index is 5.30. The summed E-state index contributed by atoms with van der Waals surface area (Å²) in [6, 6.07) is 16.5. The first-order valence-corrected chi connectivity index (χ1v) is 8.63. The van der Waals surface area contributed by atoms with Crippen molar-refractivity contribution in [2.24, 2.45) is 0 Å². The average molecular weight is 417 g/mol. The van der Waals surface area contributed by atoms with Crippen LogP contribution in [0.15, 0.2) is 54.9 Å². The van der Waals surface area contributed by atoms with Crippen LogP contribution >= 0.6 is 0 Å². The van der Waals surface area contributed by atoms with Crippen molar-refractivity contribution < 1.29 is 31.0 Å². The molecule has 0 bridgehead atoms. The van der Waals surface area contributed by atoms with Gasteiger partial charge in [0.2, 0.25) is 6.33 Å². The molecule has 1 heterocycles. The molecule has 3 aromatic rings. The maximum Gasteiger partial charge on any atom is 0.244 e. The molecule has 0 unspecified atom stereocenters. The van der Waals surface area contributed by atoms with E-state index in [0.717, 1.165) is 24.6 Å². The summed E-state index contributed by atoms with van der Waals surface area (Å²) >= 11 is 0. The van der Waals surface area contributed by atoms with Crippen LogP contribution in [0.25, 0.3) is 22.5 Å². The van der Waals surface area contributed by atoms with Crippen molar-refractivity contribution in [2.75, 3.05) is 14.2 Å². The van der Waals surface area contributed by atoms with Crippen molar-refractivity contribution in [3.05, 3.63) is 54.9 Å². The zero-order chi connectivity index (χ0) is 17.8. The second kappa shape index (κ2) is 8.90. The van der Waals surface area contributed by atoms with Gasteiger partial charge in [-0.1, -0.05) is 0 Å². The fourth-order valence-corrected chi connectivity index (χ4v) is 3.14. The van der Waals surface area contributed by atoms with E-state index in [9.17, 15) is 0 Å². The molecule has 3 rings (SSSR count). The highest BCUT2D eigenvalue weighted by Gasteiger charge is 2.24. The lowest BCUT2D eigenvalue weighted by Gasteiger charge is -2.07. The number of aromatic nitrogens is 2. The summed E-state index contributed by atoms with van der Waals surface area (Å²) in [6.07, 6.45) is 2.19. The van der Waals surface area contributed by atoms with Crippen molar-refractivity contribution in [3.8, 4) is 34.0 Å². The number of rotatable bonds is 6. The summed E-state index contributed by atoms with van der Waals surface area (Å²) in [7, 11) is 3.38. The van der Waals surface area contributed by atoms with Crippen LogP contribution in [0, 0.1) is 0 Å². The highest BCUT2D eigenvalue weighted by molar-refractivity contribution is 5.77. The van der Waals surface area contributed by atoms with E-state index in [0.29, 0.717) is 0 Å². The van der Waals surface area contributed by atoms with Crippen molar-refractivity contribution >= 4 is 0 Å². The lowest BCUT2D eigenvalue weighted by Crippen LogP contribution is -3.00. The Kier molecular flexibility index (Phi) is 6.86. The van der Waals surface area contributed by atoms with Crippen LogP contribution in [0.2, 0.25) is 0 Å². The molecule has 0 aliphatic heterocycles. The third kappa shape index (κ3) is 3.78. The van der Waals surface area contributed by atoms with Gasteiger partial charge in [0.25, 0.3) is 0 Å². The van der Waals surface area contributed by atoms with Gasteiger partial charge in [0.1, 0.15) is 11.5 Å². The van der Waals surface area contributed by atoms with E-state index in [4.69, 9.17) is 9.47 Å². The number of hydrogen-bond acceptors (Lipinski definition) is 2. The van der Waals surface area contributed by atoms with Gasteiger partial charge in [-0.25, -0.2) is 9.13 Å². The summed E-state index contributed by atoms with van der Waals surface area (Å²) in [4.78, 5) is 0. The number of methoxy groups -OCH3 is 2. The lowest BCUT2D eigenvalue weighted by atomic mass is 10.0. The summed E-state index contributed by atoms with van der Waals surface area (Å²) in [6.45, 7) is 6.17. The highest BCUT2D eigenvalue weighted by atomic mass is 79.9. The van der Waals surface area contributed by atoms with Crippen LogP contribution < -0.4 is 31.0 Å². The minimum Gasteiger partial charge on any atom is -1.00 e. The van der Waals surface area contributed by atoms with Gasteiger partial charge in [-0.05, 0) is 62.4 Å². The summed E-state index contributed by atoms with van der Waals surface area (Å²) in [5.41, 5.74) is 4.80. The molecule has 0 saturated carbocycles. The lowest BCUT2D eigenvalue weighted by molar-refractivity contribution is -0.682. The van der Waals surface area contributed by atoms with Crippen LogP contribution in [0.5, 0.6) is 11.5 Å². The quantitative estimate of drug-likeness (QED) is 0.564. The van der Waals surface area contributed by atoms with Gasteiger partial charge in [-0.15, -0.1) is 0 Å². The van der Waals surface area contributed by atoms with Gasteiger partial charge < -0.3 is 26.5 Å². The van der Waals surface area contributed by atoms with Gasteiger partial charge >= 0.3 is 0 Å². The molecule has 0 fully saturated rings. The molecule has 0 saturated heterocycles. The number of ether oxygens (including phenoxy) is 2. The fourth-order valence-electron chi connectivity index (χ4n) is 3.14. The molecule has 0 radical (unpaired) electrons. The van der Waals surface area contributed by atoms with Crippen molar-refractivity contribution in [3.63, 3.8) is 0 Å². The van der Waals surface area contributed by atoms with Gasteiger partial charge in [0.15, 0.2) is 11.4 Å². The monoisotopic (exact) mass is 416 g/mol. The van der Waals surface area contributed by atoms with Crippen LogP contribution in [-0.4, -0.2) is 18.8 Å². The van der Waals surface area contributed by atoms with Gasteiger partial charge in [-0.3, -0.25) is 0 Å². The molecule has 1 aromatic heterocycles. The second-order valence-corrected chi connectivity index (χ2v) is 5.84. The average Bonchev–Trinajstić information content (AvgIpc) is 3.06. The SMILES string of the molecule is CCn1c[n+](CC)c(-c2ccc(OC)cc2)c1-c1ccc(OC)cc1.[Br-]. The minimum absolute atomic E-state index is 0. The third-order valence-corrected chi connectivity index (χ3v) is 4.49. The number of nitrogens with zero attached hydrogens (tertiary/aromatic N) is 2. The Morgan fingerprint density at radius 2 is 1.31 bits per heavy atom. The highest BCUT2D eigenvalue weighted by Crippen LogP contribution is 2.32. The van der Waals surface area contributed by atoms with E-state index in [1.807, 2.05) is 24.3 Å². The van der Waals surface area contributed by atoms with Crippen LogP contribution in [0.1, 0.15) is 13.8 Å². The Labute approximate surface area is 165 Å². The molecule has 0 aliphatic rings. The molecule has 0 atom stereocenters. The van der Waals surface area contributed by atoms with Crippen LogP contribution in [-0.2, 0) is 13.1 Å². The topological polar surface area (TPSA) is 27.3 Å². The maximum atomic E-state index is 5.30. The first-order valence-electron chi connectivity index (χ1n) is 8.63. The predicted molar refractivity (Wildman–Crippen MR) is 100.0 cm³/mol. The zero-order valence-corrected chi connectivity index (χ0v) is 17.3. The van der Waals surface area contributed by atoms with E-state index in [1.165, 1.54) is 22.5 Å². The van der Waals surface area contributed by atoms with E-state index >= 15 is 0 Å². The van der Waals surface area contributed by atoms with Gasteiger partial charge in [-0.2, -0.15) is 0 Å². The van der Waals surface area contributed by atoms with Crippen molar-refractivity contribution in [2.45, 2.75) is 26.9 Å². The molecule has 0 spiro atoms. The minimum atomic E-state index is 0. The zero-order valence-electron chi connectivity index (χ0n) is 15.7. The normalized spacial score (nSPS) is 10.3. The molecule has 0 aliphatic carbocycles. The van der Waals surface area contributed by atoms with E-state index < -0.39 is 0 Å². The van der Waals surface area contributed by atoms with Crippen LogP contribution in [0.3, 0.4) is 0 Å². The van der Waals surface area contributed by atoms with Gasteiger partial charge in [0.05, 0.1) is 27.3 Å². The fraction of sp³-hybridized carbons (Fsp3) is 0.286. The predicted octanol–water partition coefficient (Wildman–Crippen LogP) is 1.17. The molecule has 0 amide bonds. The Bertz CT molecular complexity index is 770. The standard InChI is InChI=1S/C21H25N2O2.BrH/c1-5-22-15-23(6-2)21(17-9-13-19(25-4)14-10-17)20(22)16-7-11-18(24-3)12-8-16;/h7-15H,5-6H2,1-4H3;1H/q+1;/p-1. The van der Waals surface area contributed by atoms with Gasteiger partial charge in [0, 0.05) is 11.1 Å². The largest absolute Gasteiger partial charge is 1.00 e. The molecular formula is C21H25BrN2O2. The summed E-state index contributed by atoms with van der Waals surface area (Å²) in [5.74, 6) is 1.74. The second-order valence-electron chi connectivity index (χ2n) is 5.84. The molecule has 4 nitrogen and oxygen atoms in total. The van der Waals surface area contributed by atoms with Crippen LogP contribution in [0.4, 0.5) is 0 Å². The number of benzene rings is 2. The molecular weight excluding hydrogens is 392 g/mol. The smallest absolute Gasteiger partial charge is 0.244 e. The Morgan fingerprint density at radius 1 is 0.808 bits per heavy atom. The van der Waals surface area contributed by atoms with Crippen molar-refractivity contribution in [1.82, 2.24) is 4.57 Å². The number of halogens is 1. The number of imidazole rings is 1. The number of hydrogen-bond donors (Lipinski definition) is 0. The summed E-state index contributed by atoms with van der Waals surface area (Å²) < 4.78 is 15.2. The molecule has 138 valence electrons. The molecule has 5 heteroatoms. The number of aryl methyl sites for hydroxylation is 2. The summed E-state index contributed by atoms with van der Waals surface area (Å²) in [5, 5.41) is 0. The first-order chi connectivity index (χ1) is 12.2. The van der Waals surface area contributed by atoms with E-state index in [1.54, 1.807) is 14.2 Å². The Morgan fingerprint density at radius 3 is 1.73 bits per heavy atom. The Hall–Kier alpha value is -2.27. The molecule has 0 N–H and O–H groups in total. The molecule has 26 heavy (non-hydrogen) atoms. The van der Waals surface area contributed by atoms with Crippen molar-refractivity contribution in [1.29, 1.82) is 0 Å². The third-order valence-electron chi connectivity index (χ3n) is 4.49. The van der Waals surface area contributed by atoms with E-state index in [2.05, 4.69) is 53.6 Å². The molecule has 2 aromatic carbocycles. The first kappa shape index (κ1) is 20.0. The van der Waals surface area contributed by atoms with E-state index in [-0.39, 0.29) is 17.0 Å². The Balaban J connectivity index is 0.00000243.